The summed E-state index contributed by atoms with van der Waals surface area (Å²) in [6.45, 7) is 8.46. The van der Waals surface area contributed by atoms with Crippen LogP contribution in [0.5, 0.6) is 5.75 Å². The van der Waals surface area contributed by atoms with Crippen molar-refractivity contribution in [1.82, 2.24) is 10.6 Å². The molecule has 0 aliphatic carbocycles. The highest BCUT2D eigenvalue weighted by Crippen LogP contribution is 2.28. The molecule has 2 rings (SSSR count). The third kappa shape index (κ3) is 5.23. The van der Waals surface area contributed by atoms with Gasteiger partial charge in [0.1, 0.15) is 12.4 Å². The van der Waals surface area contributed by atoms with Gasteiger partial charge in [-0.15, -0.1) is 0 Å². The van der Waals surface area contributed by atoms with Gasteiger partial charge in [0.2, 0.25) is 0 Å². The van der Waals surface area contributed by atoms with E-state index in [1.165, 1.54) is 0 Å². The van der Waals surface area contributed by atoms with Gasteiger partial charge in [0.05, 0.1) is 30.9 Å². The summed E-state index contributed by atoms with van der Waals surface area (Å²) in [5.74, 6) is 0.244. The summed E-state index contributed by atoms with van der Waals surface area (Å²) in [6, 6.07) is 6.32. The summed E-state index contributed by atoms with van der Waals surface area (Å²) in [5, 5.41) is 5.40. The van der Waals surface area contributed by atoms with Gasteiger partial charge in [-0.1, -0.05) is 12.1 Å². The lowest BCUT2D eigenvalue weighted by atomic mass is 9.95. The van der Waals surface area contributed by atoms with Crippen molar-refractivity contribution in [2.24, 2.45) is 0 Å². The van der Waals surface area contributed by atoms with Crippen LogP contribution in [0.1, 0.15) is 39.3 Å². The van der Waals surface area contributed by atoms with Crippen molar-refractivity contribution in [2.75, 3.05) is 19.8 Å². The van der Waals surface area contributed by atoms with Gasteiger partial charge >= 0.3 is 12.0 Å². The highest BCUT2D eigenvalue weighted by atomic mass is 16.6. The highest BCUT2D eigenvalue weighted by molar-refractivity contribution is 5.95. The predicted molar refractivity (Wildman–Crippen MR) is 96.8 cm³/mol. The summed E-state index contributed by atoms with van der Waals surface area (Å²) >= 11 is 0. The Balaban J connectivity index is 2.15. The third-order valence-electron chi connectivity index (χ3n) is 3.78. The summed E-state index contributed by atoms with van der Waals surface area (Å²) in [6.07, 6.45) is 0.0712. The van der Waals surface area contributed by atoms with Crippen LogP contribution in [0.4, 0.5) is 4.79 Å². The molecule has 0 fully saturated rings. The zero-order valence-electron chi connectivity index (χ0n) is 15.6. The minimum atomic E-state index is -0.585. The van der Waals surface area contributed by atoms with Crippen LogP contribution in [0.15, 0.2) is 35.5 Å². The molecule has 1 heterocycles. The van der Waals surface area contributed by atoms with Gasteiger partial charge in [-0.2, -0.15) is 0 Å². The molecule has 0 saturated heterocycles. The SMILES string of the molecule is CCOc1ccc([C@H]2NC(=O)NC(C)=C2C(=O)OCCOC(C)C)cc1. The van der Waals surface area contributed by atoms with Crippen LogP contribution in [0.2, 0.25) is 0 Å². The standard InChI is InChI=1S/C19H26N2O5/c1-5-24-15-8-6-14(7-9-15)17-16(13(4)20-19(23)21-17)18(22)26-11-10-25-12(2)3/h6-9,12,17H,5,10-11H2,1-4H3,(H2,20,21,23)/t17-/m1/s1. The first-order valence-corrected chi connectivity index (χ1v) is 8.72. The van der Waals surface area contributed by atoms with E-state index in [0.717, 1.165) is 11.3 Å². The number of esters is 1. The normalized spacial score (nSPS) is 17.0. The fraction of sp³-hybridized carbons (Fsp3) is 0.474. The summed E-state index contributed by atoms with van der Waals surface area (Å²) in [5.41, 5.74) is 1.62. The summed E-state index contributed by atoms with van der Waals surface area (Å²) in [7, 11) is 0. The number of allylic oxidation sites excluding steroid dienone is 1. The van der Waals surface area contributed by atoms with Crippen molar-refractivity contribution in [3.05, 3.63) is 41.1 Å². The van der Waals surface area contributed by atoms with E-state index in [-0.39, 0.29) is 18.7 Å². The Morgan fingerprint density at radius 2 is 1.88 bits per heavy atom. The summed E-state index contributed by atoms with van der Waals surface area (Å²) in [4.78, 5) is 24.4. The van der Waals surface area contributed by atoms with Crippen LogP contribution in [-0.4, -0.2) is 37.9 Å². The number of nitrogens with one attached hydrogen (secondary N) is 2. The molecule has 2 N–H and O–H groups in total. The Kier molecular flexibility index (Phi) is 7.03. The van der Waals surface area contributed by atoms with E-state index in [9.17, 15) is 9.59 Å². The number of benzene rings is 1. The average molecular weight is 362 g/mol. The van der Waals surface area contributed by atoms with Crippen LogP contribution in [0.25, 0.3) is 0 Å². The highest BCUT2D eigenvalue weighted by Gasteiger charge is 2.32. The minimum absolute atomic E-state index is 0.0712. The van der Waals surface area contributed by atoms with Gasteiger partial charge < -0.3 is 24.8 Å². The Hall–Kier alpha value is -2.54. The first kappa shape index (κ1) is 19.8. The zero-order valence-corrected chi connectivity index (χ0v) is 15.6. The van der Waals surface area contributed by atoms with E-state index >= 15 is 0 Å². The van der Waals surface area contributed by atoms with E-state index in [2.05, 4.69) is 10.6 Å². The van der Waals surface area contributed by atoms with Crippen LogP contribution in [0, 0.1) is 0 Å². The molecule has 0 aromatic heterocycles. The molecule has 0 spiro atoms. The maximum Gasteiger partial charge on any atom is 0.338 e. The second-order valence-electron chi connectivity index (χ2n) is 6.13. The monoisotopic (exact) mass is 362 g/mol. The topological polar surface area (TPSA) is 85.9 Å². The van der Waals surface area contributed by atoms with Gasteiger partial charge in [-0.3, -0.25) is 0 Å². The molecule has 1 atom stereocenters. The van der Waals surface area contributed by atoms with Gasteiger partial charge in [-0.25, -0.2) is 9.59 Å². The first-order valence-electron chi connectivity index (χ1n) is 8.72. The van der Waals surface area contributed by atoms with Crippen LogP contribution < -0.4 is 15.4 Å². The zero-order chi connectivity index (χ0) is 19.1. The van der Waals surface area contributed by atoms with Gasteiger partial charge in [0, 0.05) is 5.70 Å². The first-order chi connectivity index (χ1) is 12.4. The lowest BCUT2D eigenvalue weighted by molar-refractivity contribution is -0.141. The molecule has 26 heavy (non-hydrogen) atoms. The smallest absolute Gasteiger partial charge is 0.338 e. The Labute approximate surface area is 153 Å². The maximum absolute atomic E-state index is 12.6. The van der Waals surface area contributed by atoms with E-state index in [0.29, 0.717) is 24.5 Å². The lowest BCUT2D eigenvalue weighted by Crippen LogP contribution is -2.45. The average Bonchev–Trinajstić information content (AvgIpc) is 2.58. The molecule has 142 valence electrons. The molecule has 0 radical (unpaired) electrons. The van der Waals surface area contributed by atoms with Crippen molar-refractivity contribution in [1.29, 1.82) is 0 Å². The van der Waals surface area contributed by atoms with Gasteiger partial charge in [-0.05, 0) is 45.4 Å². The van der Waals surface area contributed by atoms with E-state index in [4.69, 9.17) is 14.2 Å². The molecule has 0 saturated carbocycles. The number of rotatable bonds is 8. The molecule has 1 aliphatic heterocycles. The van der Waals surface area contributed by atoms with E-state index in [1.54, 1.807) is 6.92 Å². The quantitative estimate of drug-likeness (QED) is 0.548. The van der Waals surface area contributed by atoms with Crippen molar-refractivity contribution in [2.45, 2.75) is 39.8 Å². The van der Waals surface area contributed by atoms with Crippen molar-refractivity contribution in [3.8, 4) is 5.75 Å². The number of ether oxygens (including phenoxy) is 3. The number of carbonyl (C=O) groups excluding carboxylic acids is 2. The van der Waals surface area contributed by atoms with Crippen molar-refractivity contribution < 1.29 is 23.8 Å². The molecule has 1 aliphatic rings. The van der Waals surface area contributed by atoms with Crippen LogP contribution in [-0.2, 0) is 14.3 Å². The molecule has 7 nitrogen and oxygen atoms in total. The second-order valence-corrected chi connectivity index (χ2v) is 6.13. The predicted octanol–water partition coefficient (Wildman–Crippen LogP) is 2.68. The van der Waals surface area contributed by atoms with Crippen molar-refractivity contribution >= 4 is 12.0 Å². The molecular weight excluding hydrogens is 336 g/mol. The Morgan fingerprint density at radius 1 is 1.19 bits per heavy atom. The van der Waals surface area contributed by atoms with Gasteiger partial charge in [0.15, 0.2) is 0 Å². The van der Waals surface area contributed by atoms with Crippen LogP contribution >= 0.6 is 0 Å². The number of amides is 2. The second kappa shape index (κ2) is 9.24. The lowest BCUT2D eigenvalue weighted by Gasteiger charge is -2.28. The number of hydrogen-bond donors (Lipinski definition) is 2. The maximum atomic E-state index is 12.6. The number of carbonyl (C=O) groups is 2. The molecule has 0 unspecified atom stereocenters. The number of hydrogen-bond acceptors (Lipinski definition) is 5. The van der Waals surface area contributed by atoms with Gasteiger partial charge in [0.25, 0.3) is 0 Å². The molecule has 1 aromatic rings. The van der Waals surface area contributed by atoms with Crippen molar-refractivity contribution in [3.63, 3.8) is 0 Å². The Morgan fingerprint density at radius 3 is 2.50 bits per heavy atom. The van der Waals surface area contributed by atoms with Crippen LogP contribution in [0.3, 0.4) is 0 Å². The molecule has 2 amide bonds. The Bertz CT molecular complexity index is 667. The molecule has 7 heteroatoms. The van der Waals surface area contributed by atoms with E-state index in [1.807, 2.05) is 45.0 Å². The fourth-order valence-corrected chi connectivity index (χ4v) is 2.63. The molecule has 0 bridgehead atoms. The number of urea groups is 1. The fourth-order valence-electron chi connectivity index (χ4n) is 2.63. The minimum Gasteiger partial charge on any atom is -0.494 e. The molecule has 1 aromatic carbocycles. The molecular formula is C19H26N2O5. The summed E-state index contributed by atoms with van der Waals surface area (Å²) < 4.78 is 16.1. The van der Waals surface area contributed by atoms with E-state index < -0.39 is 12.0 Å². The third-order valence-corrected chi connectivity index (χ3v) is 3.78. The largest absolute Gasteiger partial charge is 0.494 e.